The molecule has 3 aliphatic rings. The fourth-order valence-corrected chi connectivity index (χ4v) is 4.46. The zero-order valence-electron chi connectivity index (χ0n) is 21.2. The molecule has 3 fully saturated rings. The van der Waals surface area contributed by atoms with E-state index in [1.165, 1.54) is 19.4 Å². The van der Waals surface area contributed by atoms with Crippen molar-refractivity contribution in [1.29, 1.82) is 0 Å². The van der Waals surface area contributed by atoms with E-state index in [4.69, 9.17) is 29.3 Å². The van der Waals surface area contributed by atoms with Crippen LogP contribution in [0.25, 0.3) is 0 Å². The van der Waals surface area contributed by atoms with Crippen LogP contribution in [0.5, 0.6) is 0 Å². The minimum atomic E-state index is -5.08. The molecule has 0 bridgehead atoms. The molecule has 0 saturated carbocycles. The summed E-state index contributed by atoms with van der Waals surface area (Å²) in [4.78, 5) is 29.2. The second-order valence-electron chi connectivity index (χ2n) is 9.60. The highest BCUT2D eigenvalue weighted by molar-refractivity contribution is 5.73. The number of carboxylic acids is 2. The fraction of sp³-hybridized carbons (Fsp3) is 0.739. The molecular formula is C23H32F6N4O6. The van der Waals surface area contributed by atoms with Crippen molar-refractivity contribution >= 4 is 17.9 Å². The van der Waals surface area contributed by atoms with Crippen LogP contribution in [0.2, 0.25) is 0 Å². The third-order valence-electron chi connectivity index (χ3n) is 6.34. The van der Waals surface area contributed by atoms with Crippen molar-refractivity contribution in [2.75, 3.05) is 44.8 Å². The van der Waals surface area contributed by atoms with Gasteiger partial charge in [0.25, 0.3) is 0 Å². The molecule has 1 aromatic heterocycles. The summed E-state index contributed by atoms with van der Waals surface area (Å²) in [5.74, 6) is -3.98. The van der Waals surface area contributed by atoms with E-state index in [9.17, 15) is 26.3 Å². The second kappa shape index (κ2) is 14.1. The Kier molecular flexibility index (Phi) is 11.7. The zero-order chi connectivity index (χ0) is 29.3. The average molecular weight is 575 g/mol. The van der Waals surface area contributed by atoms with Crippen molar-refractivity contribution in [3.8, 4) is 0 Å². The summed E-state index contributed by atoms with van der Waals surface area (Å²) in [7, 11) is 0. The number of ether oxygens (including phenoxy) is 2. The Morgan fingerprint density at radius 3 is 2.08 bits per heavy atom. The number of hydrogen-bond donors (Lipinski definition) is 3. The van der Waals surface area contributed by atoms with Gasteiger partial charge in [0, 0.05) is 57.9 Å². The molecule has 222 valence electrons. The van der Waals surface area contributed by atoms with Gasteiger partial charge in [-0.3, -0.25) is 0 Å². The van der Waals surface area contributed by atoms with Gasteiger partial charge in [-0.05, 0) is 50.5 Å². The second-order valence-corrected chi connectivity index (χ2v) is 9.60. The number of likely N-dealkylation sites (tertiary alicyclic amines) is 1. The lowest BCUT2D eigenvalue weighted by Gasteiger charge is -2.39. The van der Waals surface area contributed by atoms with Gasteiger partial charge in [-0.2, -0.15) is 26.3 Å². The maximum absolute atomic E-state index is 10.6. The molecule has 0 amide bonds. The van der Waals surface area contributed by atoms with Gasteiger partial charge < -0.3 is 29.9 Å². The van der Waals surface area contributed by atoms with E-state index in [1.807, 2.05) is 19.3 Å². The predicted octanol–water partition coefficient (Wildman–Crippen LogP) is 3.51. The molecule has 1 spiro atoms. The molecule has 3 aliphatic heterocycles. The lowest BCUT2D eigenvalue weighted by Crippen LogP contribution is -2.47. The van der Waals surface area contributed by atoms with Crippen molar-refractivity contribution in [2.45, 2.75) is 63.0 Å². The molecule has 4 heterocycles. The van der Waals surface area contributed by atoms with Gasteiger partial charge in [0.15, 0.2) is 0 Å². The highest BCUT2D eigenvalue weighted by Gasteiger charge is 2.44. The van der Waals surface area contributed by atoms with Gasteiger partial charge in [0.2, 0.25) is 5.95 Å². The Balaban J connectivity index is 0.000000317. The molecule has 3 saturated heterocycles. The first-order valence-corrected chi connectivity index (χ1v) is 12.2. The van der Waals surface area contributed by atoms with Crippen molar-refractivity contribution < 1.29 is 55.6 Å². The number of alkyl halides is 6. The molecule has 0 radical (unpaired) electrons. The number of carboxylic acid groups (broad SMARTS) is 2. The van der Waals surface area contributed by atoms with Crippen molar-refractivity contribution in [3.63, 3.8) is 0 Å². The topological polar surface area (TPSA) is 134 Å². The summed E-state index contributed by atoms with van der Waals surface area (Å²) in [6.07, 6.45) is -0.791. The molecule has 4 rings (SSSR count). The van der Waals surface area contributed by atoms with E-state index in [0.717, 1.165) is 69.6 Å². The number of aryl methyl sites for hydroxylation is 1. The number of nitrogens with one attached hydrogen (secondary N) is 1. The molecule has 16 heteroatoms. The van der Waals surface area contributed by atoms with Crippen LogP contribution in [0.3, 0.4) is 0 Å². The van der Waals surface area contributed by atoms with Crippen molar-refractivity contribution in [1.82, 2.24) is 14.9 Å². The minimum Gasteiger partial charge on any atom is -0.475 e. The quantitative estimate of drug-likeness (QED) is 0.459. The number of rotatable bonds is 4. The van der Waals surface area contributed by atoms with Gasteiger partial charge in [0.1, 0.15) is 0 Å². The number of aliphatic carboxylic acids is 2. The van der Waals surface area contributed by atoms with Crippen molar-refractivity contribution in [2.24, 2.45) is 5.92 Å². The third-order valence-corrected chi connectivity index (χ3v) is 6.34. The average Bonchev–Trinajstić information content (AvgIpc) is 3.22. The Morgan fingerprint density at radius 2 is 1.56 bits per heavy atom. The highest BCUT2D eigenvalue weighted by atomic mass is 19.4. The van der Waals surface area contributed by atoms with Crippen LogP contribution >= 0.6 is 0 Å². The third kappa shape index (κ3) is 11.5. The summed E-state index contributed by atoms with van der Waals surface area (Å²) < 4.78 is 75.2. The van der Waals surface area contributed by atoms with Crippen LogP contribution in [-0.2, 0) is 19.1 Å². The smallest absolute Gasteiger partial charge is 0.475 e. The standard InChI is InChI=1S/C19H30N4O2.2C2HF3O2/c1-15-11-20-18(21-12-15)22-17-4-9-25-19(10-17)5-6-23(14-19)13-16-2-7-24-8-3-16;2*3-2(4,5)1(6)7/h11-12,16-17H,2-10,13-14H2,1H3,(H,20,21,22);2*(H,6,7)/t17-,19-;;/m1../s1. The molecule has 10 nitrogen and oxygen atoms in total. The lowest BCUT2D eigenvalue weighted by atomic mass is 9.89. The van der Waals surface area contributed by atoms with Gasteiger partial charge in [-0.1, -0.05) is 0 Å². The van der Waals surface area contributed by atoms with Crippen LogP contribution in [0.4, 0.5) is 32.3 Å². The van der Waals surface area contributed by atoms with Gasteiger partial charge in [-0.25, -0.2) is 19.6 Å². The van der Waals surface area contributed by atoms with E-state index < -0.39 is 24.3 Å². The summed E-state index contributed by atoms with van der Waals surface area (Å²) in [6, 6.07) is 0.402. The predicted molar refractivity (Wildman–Crippen MR) is 124 cm³/mol. The van der Waals surface area contributed by atoms with Crippen molar-refractivity contribution in [3.05, 3.63) is 18.0 Å². The first-order chi connectivity index (χ1) is 18.1. The molecule has 39 heavy (non-hydrogen) atoms. The Hall–Kier alpha value is -2.72. The van der Waals surface area contributed by atoms with Crippen LogP contribution in [0.15, 0.2) is 12.4 Å². The fourth-order valence-electron chi connectivity index (χ4n) is 4.46. The largest absolute Gasteiger partial charge is 0.490 e. The maximum atomic E-state index is 10.6. The Morgan fingerprint density at radius 1 is 1.03 bits per heavy atom. The number of hydrogen-bond acceptors (Lipinski definition) is 8. The molecule has 0 unspecified atom stereocenters. The molecular weight excluding hydrogens is 542 g/mol. The maximum Gasteiger partial charge on any atom is 0.490 e. The molecule has 3 N–H and O–H groups in total. The summed E-state index contributed by atoms with van der Waals surface area (Å²) in [5.41, 5.74) is 1.11. The number of carbonyl (C=O) groups is 2. The lowest BCUT2D eigenvalue weighted by molar-refractivity contribution is -0.193. The van der Waals surface area contributed by atoms with Crippen LogP contribution < -0.4 is 5.32 Å². The van der Waals surface area contributed by atoms with Gasteiger partial charge >= 0.3 is 24.3 Å². The summed E-state index contributed by atoms with van der Waals surface area (Å²) in [5, 5.41) is 17.8. The molecule has 0 aliphatic carbocycles. The first kappa shape index (κ1) is 32.5. The van der Waals surface area contributed by atoms with Gasteiger partial charge in [-0.15, -0.1) is 0 Å². The number of nitrogens with zero attached hydrogens (tertiary/aromatic N) is 3. The zero-order valence-corrected chi connectivity index (χ0v) is 21.2. The Bertz CT molecular complexity index is 903. The molecule has 1 aromatic rings. The Labute approximate surface area is 220 Å². The number of anilines is 1. The first-order valence-electron chi connectivity index (χ1n) is 12.2. The van der Waals surface area contributed by atoms with Crippen LogP contribution in [0, 0.1) is 12.8 Å². The van der Waals surface area contributed by atoms with E-state index >= 15 is 0 Å². The molecule has 0 aromatic carbocycles. The summed E-state index contributed by atoms with van der Waals surface area (Å²) in [6.45, 7) is 8.13. The van der Waals surface area contributed by atoms with E-state index in [2.05, 4.69) is 20.2 Å². The SMILES string of the molecule is Cc1cnc(N[C@@H]2CCO[C@]3(CCN(CC4CCOCC4)C3)C2)nc1.O=C(O)C(F)(F)F.O=C(O)C(F)(F)F. The number of halogens is 6. The van der Waals surface area contributed by atoms with E-state index in [0.29, 0.717) is 6.04 Å². The van der Waals surface area contributed by atoms with E-state index in [1.54, 1.807) is 0 Å². The number of aromatic nitrogens is 2. The summed E-state index contributed by atoms with van der Waals surface area (Å²) >= 11 is 0. The van der Waals surface area contributed by atoms with Crippen LogP contribution in [-0.4, -0.2) is 100 Å². The monoisotopic (exact) mass is 574 g/mol. The van der Waals surface area contributed by atoms with Crippen LogP contribution in [0.1, 0.15) is 37.7 Å². The normalized spacial score (nSPS) is 24.2. The minimum absolute atomic E-state index is 0.0196. The molecule has 2 atom stereocenters. The van der Waals surface area contributed by atoms with E-state index in [-0.39, 0.29) is 5.60 Å². The highest BCUT2D eigenvalue weighted by Crippen LogP contribution is 2.35. The van der Waals surface area contributed by atoms with Gasteiger partial charge in [0.05, 0.1) is 5.60 Å².